The molecule has 1 saturated heterocycles. The van der Waals surface area contributed by atoms with Crippen LogP contribution in [0.15, 0.2) is 131 Å². The number of hydrogen-bond acceptors (Lipinski definition) is 10. The monoisotopic (exact) mass is 822 g/mol. The lowest BCUT2D eigenvalue weighted by Crippen LogP contribution is -2.46. The standard InChI is InChI=1S/C43H48N6O5S2.C2H6/c1-32-13-15-33(16-14-32)40-12-8-7-9-35(40)30-47-25-27-48(28-26-47)37-19-17-34(18-20-37)43(50)45-56(53,54)39-21-22-41(42(29-39)49(51)52)44-36(23-24-46(2)3)31-55-38-10-5-4-6-11-38;1-2/h4-22,29,36,44H,23-28,30-31H2,1-3H3,(H,45,50);1-2H3/t36-;/m1./s1. The molecule has 1 fully saturated rings. The summed E-state index contributed by atoms with van der Waals surface area (Å²) in [6.07, 6.45) is 0.707. The fourth-order valence-corrected chi connectivity index (χ4v) is 8.62. The van der Waals surface area contributed by atoms with E-state index in [1.165, 1.54) is 34.4 Å². The number of nitro groups is 1. The smallest absolute Gasteiger partial charge is 0.293 e. The third-order valence-electron chi connectivity index (χ3n) is 9.82. The first-order valence-corrected chi connectivity index (χ1v) is 22.1. The Morgan fingerprint density at radius 2 is 1.52 bits per heavy atom. The summed E-state index contributed by atoms with van der Waals surface area (Å²) in [6.45, 7) is 11.0. The number of sulfonamides is 1. The second-order valence-electron chi connectivity index (χ2n) is 14.3. The summed E-state index contributed by atoms with van der Waals surface area (Å²) in [5.74, 6) is -0.176. The van der Waals surface area contributed by atoms with Crippen molar-refractivity contribution in [3.05, 3.63) is 148 Å². The minimum absolute atomic E-state index is 0.137. The summed E-state index contributed by atoms with van der Waals surface area (Å²) < 4.78 is 28.8. The van der Waals surface area contributed by atoms with Gasteiger partial charge in [0.05, 0.1) is 9.82 Å². The van der Waals surface area contributed by atoms with Crippen molar-refractivity contribution in [2.24, 2.45) is 0 Å². The minimum Gasteiger partial charge on any atom is -0.376 e. The van der Waals surface area contributed by atoms with Crippen molar-refractivity contribution in [2.75, 3.05) is 62.8 Å². The number of anilines is 2. The van der Waals surface area contributed by atoms with Crippen molar-refractivity contribution in [1.29, 1.82) is 0 Å². The summed E-state index contributed by atoms with van der Waals surface area (Å²) >= 11 is 1.64. The molecular weight excluding hydrogens is 769 g/mol. The molecule has 0 spiro atoms. The molecule has 6 rings (SSSR count). The zero-order valence-electron chi connectivity index (χ0n) is 33.9. The van der Waals surface area contributed by atoms with Gasteiger partial charge in [0, 0.05) is 66.7 Å². The molecule has 1 heterocycles. The van der Waals surface area contributed by atoms with E-state index in [4.69, 9.17) is 0 Å². The molecule has 5 aromatic rings. The average Bonchev–Trinajstić information content (AvgIpc) is 3.23. The van der Waals surface area contributed by atoms with Gasteiger partial charge in [-0.15, -0.1) is 11.8 Å². The molecule has 0 aromatic heterocycles. The highest BCUT2D eigenvalue weighted by atomic mass is 32.2. The van der Waals surface area contributed by atoms with Crippen LogP contribution in [0.1, 0.15) is 41.8 Å². The van der Waals surface area contributed by atoms with Gasteiger partial charge < -0.3 is 15.1 Å². The number of aryl methyl sites for hydroxylation is 1. The van der Waals surface area contributed by atoms with Gasteiger partial charge in [-0.05, 0) is 99.2 Å². The third kappa shape index (κ3) is 12.2. The quantitative estimate of drug-likeness (QED) is 0.0568. The van der Waals surface area contributed by atoms with Crippen molar-refractivity contribution in [2.45, 2.75) is 49.6 Å². The number of carbonyl (C=O) groups excluding carboxylic acids is 1. The van der Waals surface area contributed by atoms with Crippen LogP contribution in [0.5, 0.6) is 0 Å². The number of carbonyl (C=O) groups is 1. The normalized spacial score (nSPS) is 13.7. The fourth-order valence-electron chi connectivity index (χ4n) is 6.64. The molecule has 0 aliphatic carbocycles. The SMILES string of the molecule is CC.Cc1ccc(-c2ccccc2CN2CCN(c3ccc(C(=O)NS(=O)(=O)c4ccc(N[C@H](CCN(C)C)CSc5ccccc5)c([N+](=O)[O-])c4)cc3)CC2)cc1. The van der Waals surface area contributed by atoms with Crippen LogP contribution in [0.25, 0.3) is 11.1 Å². The highest BCUT2D eigenvalue weighted by Gasteiger charge is 2.26. The molecule has 1 aliphatic heterocycles. The summed E-state index contributed by atoms with van der Waals surface area (Å²) in [4.78, 5) is 32.2. The van der Waals surface area contributed by atoms with Crippen LogP contribution in [0.2, 0.25) is 0 Å². The van der Waals surface area contributed by atoms with Gasteiger partial charge in [0.1, 0.15) is 5.69 Å². The molecule has 13 heteroatoms. The lowest BCUT2D eigenvalue weighted by molar-refractivity contribution is -0.384. The van der Waals surface area contributed by atoms with Crippen LogP contribution in [-0.4, -0.2) is 87.7 Å². The minimum atomic E-state index is -4.42. The van der Waals surface area contributed by atoms with Crippen molar-refractivity contribution >= 4 is 44.8 Å². The van der Waals surface area contributed by atoms with Crippen molar-refractivity contribution < 1.29 is 18.1 Å². The molecule has 11 nitrogen and oxygen atoms in total. The number of hydrogen-bond donors (Lipinski definition) is 2. The van der Waals surface area contributed by atoms with Crippen LogP contribution < -0.4 is 14.9 Å². The van der Waals surface area contributed by atoms with Crippen LogP contribution in [0.4, 0.5) is 17.1 Å². The summed E-state index contributed by atoms with van der Waals surface area (Å²) in [7, 11) is -0.498. The van der Waals surface area contributed by atoms with E-state index in [1.807, 2.05) is 75.3 Å². The predicted molar refractivity (Wildman–Crippen MR) is 237 cm³/mol. The number of nitrogens with zero attached hydrogens (tertiary/aromatic N) is 4. The van der Waals surface area contributed by atoms with Crippen molar-refractivity contribution in [1.82, 2.24) is 14.5 Å². The first-order chi connectivity index (χ1) is 27.9. The van der Waals surface area contributed by atoms with Crippen molar-refractivity contribution in [3.8, 4) is 11.1 Å². The number of piperazine rings is 1. The van der Waals surface area contributed by atoms with Crippen LogP contribution in [-0.2, 0) is 16.6 Å². The number of thioether (sulfide) groups is 1. The topological polar surface area (TPSA) is 128 Å². The lowest BCUT2D eigenvalue weighted by Gasteiger charge is -2.36. The number of nitrogens with one attached hydrogen (secondary N) is 2. The maximum atomic E-state index is 13.4. The van der Waals surface area contributed by atoms with E-state index in [9.17, 15) is 23.3 Å². The summed E-state index contributed by atoms with van der Waals surface area (Å²) in [5, 5.41) is 15.5. The van der Waals surface area contributed by atoms with E-state index >= 15 is 0 Å². The number of benzene rings is 5. The molecule has 58 heavy (non-hydrogen) atoms. The molecule has 0 unspecified atom stereocenters. The average molecular weight is 823 g/mol. The van der Waals surface area contributed by atoms with Crippen molar-refractivity contribution in [3.63, 3.8) is 0 Å². The Kier molecular flexibility index (Phi) is 15.9. The highest BCUT2D eigenvalue weighted by molar-refractivity contribution is 7.99. The Labute approximate surface area is 347 Å². The Hall–Kier alpha value is -5.21. The van der Waals surface area contributed by atoms with E-state index in [0.29, 0.717) is 12.2 Å². The van der Waals surface area contributed by atoms with Crippen LogP contribution in [0.3, 0.4) is 0 Å². The molecular formula is C45H54N6O5S2. The largest absolute Gasteiger partial charge is 0.376 e. The lowest BCUT2D eigenvalue weighted by atomic mass is 9.98. The van der Waals surface area contributed by atoms with Gasteiger partial charge in [0.25, 0.3) is 21.6 Å². The van der Waals surface area contributed by atoms with E-state index in [2.05, 4.69) is 75.3 Å². The van der Waals surface area contributed by atoms with E-state index < -0.39 is 20.9 Å². The Morgan fingerprint density at radius 1 is 0.862 bits per heavy atom. The highest BCUT2D eigenvalue weighted by Crippen LogP contribution is 2.31. The van der Waals surface area contributed by atoms with Gasteiger partial charge in [-0.3, -0.25) is 19.8 Å². The Morgan fingerprint density at radius 3 is 2.17 bits per heavy atom. The number of nitro benzene ring substituents is 1. The fraction of sp³-hybridized carbons (Fsp3) is 0.311. The molecule has 0 saturated carbocycles. The van der Waals surface area contributed by atoms with Crippen LogP contribution in [0, 0.1) is 17.0 Å². The molecule has 1 atom stereocenters. The summed E-state index contributed by atoms with van der Waals surface area (Å²) in [5.41, 5.74) is 5.90. The Bertz CT molecular complexity index is 2210. The Balaban J connectivity index is 0.00000315. The summed E-state index contributed by atoms with van der Waals surface area (Å²) in [6, 6.07) is 37.4. The van der Waals surface area contributed by atoms with Gasteiger partial charge in [0.15, 0.2) is 0 Å². The number of amides is 1. The molecule has 2 N–H and O–H groups in total. The first-order valence-electron chi connectivity index (χ1n) is 19.6. The van der Waals surface area contributed by atoms with E-state index in [1.54, 1.807) is 23.9 Å². The van der Waals surface area contributed by atoms with Crippen LogP contribution >= 0.6 is 11.8 Å². The molecule has 0 radical (unpaired) electrons. The molecule has 1 aliphatic rings. The van der Waals surface area contributed by atoms with Gasteiger partial charge in [0.2, 0.25) is 0 Å². The van der Waals surface area contributed by atoms with Gasteiger partial charge in [-0.2, -0.15) is 0 Å². The predicted octanol–water partition coefficient (Wildman–Crippen LogP) is 8.56. The van der Waals surface area contributed by atoms with E-state index in [0.717, 1.165) is 55.9 Å². The zero-order valence-corrected chi connectivity index (χ0v) is 35.6. The first kappa shape index (κ1) is 43.9. The van der Waals surface area contributed by atoms with E-state index in [-0.39, 0.29) is 27.9 Å². The third-order valence-corrected chi connectivity index (χ3v) is 12.3. The van der Waals surface area contributed by atoms with Gasteiger partial charge >= 0.3 is 0 Å². The maximum absolute atomic E-state index is 13.4. The molecule has 0 bridgehead atoms. The van der Waals surface area contributed by atoms with Gasteiger partial charge in [-0.1, -0.05) is 86.1 Å². The zero-order chi connectivity index (χ0) is 41.7. The molecule has 306 valence electrons. The second-order valence-corrected chi connectivity index (χ2v) is 17.0. The molecule has 5 aromatic carbocycles. The molecule has 1 amide bonds. The van der Waals surface area contributed by atoms with Gasteiger partial charge in [-0.25, -0.2) is 13.1 Å². The maximum Gasteiger partial charge on any atom is 0.293 e. The number of rotatable bonds is 16. The second kappa shape index (κ2) is 21.0.